The summed E-state index contributed by atoms with van der Waals surface area (Å²) in [7, 11) is 0. The van der Waals surface area contributed by atoms with E-state index in [4.69, 9.17) is 10.5 Å². The van der Waals surface area contributed by atoms with Crippen LogP contribution in [0.1, 0.15) is 17.0 Å². The predicted molar refractivity (Wildman–Crippen MR) is 102 cm³/mol. The number of thioether (sulfide) groups is 1. The van der Waals surface area contributed by atoms with Crippen molar-refractivity contribution in [2.24, 2.45) is 5.73 Å². The Bertz CT molecular complexity index is 889. The van der Waals surface area contributed by atoms with Gasteiger partial charge in [0.15, 0.2) is 11.0 Å². The number of hydrogen-bond donors (Lipinski definition) is 1. The Kier molecular flexibility index (Phi) is 5.58. The van der Waals surface area contributed by atoms with Crippen molar-refractivity contribution in [3.05, 3.63) is 65.5 Å². The number of benzene rings is 2. The predicted octanol–water partition coefficient (Wildman–Crippen LogP) is 3.04. The molecule has 6 nitrogen and oxygen atoms in total. The summed E-state index contributed by atoms with van der Waals surface area (Å²) >= 11 is 1.26. The highest BCUT2D eigenvalue weighted by Crippen LogP contribution is 2.23. The topological polar surface area (TPSA) is 83.0 Å². The Morgan fingerprint density at radius 2 is 1.65 bits per heavy atom. The van der Waals surface area contributed by atoms with Crippen molar-refractivity contribution in [1.82, 2.24) is 14.8 Å². The Labute approximate surface area is 156 Å². The normalized spacial score (nSPS) is 10.7. The third-order valence-electron chi connectivity index (χ3n) is 3.72. The highest BCUT2D eigenvalue weighted by molar-refractivity contribution is 7.99. The van der Waals surface area contributed by atoms with Gasteiger partial charge in [0.05, 0.1) is 5.75 Å². The van der Waals surface area contributed by atoms with Crippen LogP contribution in [0.2, 0.25) is 0 Å². The van der Waals surface area contributed by atoms with Crippen molar-refractivity contribution in [3.8, 4) is 11.4 Å². The SMILES string of the molecule is Cc1ccc(OCc2nnc(SCC(N)=O)n2-c2ccc(C)cc2)cc1. The van der Waals surface area contributed by atoms with E-state index < -0.39 is 5.91 Å². The maximum atomic E-state index is 11.1. The van der Waals surface area contributed by atoms with Gasteiger partial charge in [-0.3, -0.25) is 9.36 Å². The standard InChI is InChI=1S/C19H20N4O2S/c1-13-3-7-15(8-4-13)23-18(21-22-19(23)26-12-17(20)24)11-25-16-9-5-14(2)6-10-16/h3-10H,11-12H2,1-2H3,(H2,20,24). The van der Waals surface area contributed by atoms with Gasteiger partial charge in [0.2, 0.25) is 5.91 Å². The van der Waals surface area contributed by atoms with Gasteiger partial charge in [0, 0.05) is 5.69 Å². The number of aryl methyl sites for hydroxylation is 2. The van der Waals surface area contributed by atoms with Gasteiger partial charge in [0.1, 0.15) is 12.4 Å². The molecule has 134 valence electrons. The Balaban J connectivity index is 1.87. The molecule has 1 aromatic heterocycles. The number of primary amides is 1. The number of carbonyl (C=O) groups is 1. The maximum Gasteiger partial charge on any atom is 0.227 e. The Hall–Kier alpha value is -2.80. The fourth-order valence-corrected chi connectivity index (χ4v) is 3.07. The largest absolute Gasteiger partial charge is 0.486 e. The summed E-state index contributed by atoms with van der Waals surface area (Å²) in [5, 5.41) is 9.05. The van der Waals surface area contributed by atoms with Crippen LogP contribution in [0.25, 0.3) is 5.69 Å². The Morgan fingerprint density at radius 3 is 2.27 bits per heavy atom. The van der Waals surface area contributed by atoms with Crippen LogP contribution in [-0.4, -0.2) is 26.4 Å². The van der Waals surface area contributed by atoms with E-state index in [0.717, 1.165) is 17.0 Å². The van der Waals surface area contributed by atoms with E-state index in [0.29, 0.717) is 11.0 Å². The lowest BCUT2D eigenvalue weighted by Crippen LogP contribution is -2.14. The van der Waals surface area contributed by atoms with Gasteiger partial charge < -0.3 is 10.5 Å². The number of ether oxygens (including phenoxy) is 1. The van der Waals surface area contributed by atoms with Crippen LogP contribution in [0.5, 0.6) is 5.75 Å². The van der Waals surface area contributed by atoms with Crippen LogP contribution < -0.4 is 10.5 Å². The maximum absolute atomic E-state index is 11.1. The molecule has 0 atom stereocenters. The smallest absolute Gasteiger partial charge is 0.227 e. The van der Waals surface area contributed by atoms with Crippen molar-refractivity contribution in [2.75, 3.05) is 5.75 Å². The minimum atomic E-state index is -0.397. The molecule has 7 heteroatoms. The van der Waals surface area contributed by atoms with E-state index in [1.807, 2.05) is 66.9 Å². The second kappa shape index (κ2) is 8.05. The molecular weight excluding hydrogens is 348 g/mol. The summed E-state index contributed by atoms with van der Waals surface area (Å²) in [6.45, 7) is 4.32. The van der Waals surface area contributed by atoms with Crippen LogP contribution in [0, 0.1) is 13.8 Å². The number of rotatable bonds is 7. The summed E-state index contributed by atoms with van der Waals surface area (Å²) in [6.07, 6.45) is 0. The first-order valence-corrected chi connectivity index (χ1v) is 9.13. The van der Waals surface area contributed by atoms with Crippen LogP contribution in [0.15, 0.2) is 53.7 Å². The molecule has 1 heterocycles. The van der Waals surface area contributed by atoms with E-state index in [1.54, 1.807) is 0 Å². The summed E-state index contributed by atoms with van der Waals surface area (Å²) < 4.78 is 7.74. The Morgan fingerprint density at radius 1 is 1.04 bits per heavy atom. The van der Waals surface area contributed by atoms with Gasteiger partial charge in [-0.05, 0) is 38.1 Å². The number of hydrogen-bond acceptors (Lipinski definition) is 5. The molecule has 0 aliphatic rings. The van der Waals surface area contributed by atoms with Gasteiger partial charge in [-0.1, -0.05) is 47.2 Å². The zero-order valence-corrected chi connectivity index (χ0v) is 15.5. The van der Waals surface area contributed by atoms with Crippen LogP contribution >= 0.6 is 11.8 Å². The molecule has 0 saturated carbocycles. The second-order valence-electron chi connectivity index (χ2n) is 5.93. The summed E-state index contributed by atoms with van der Waals surface area (Å²) in [6, 6.07) is 15.8. The number of aromatic nitrogens is 3. The monoisotopic (exact) mass is 368 g/mol. The lowest BCUT2D eigenvalue weighted by atomic mass is 10.2. The van der Waals surface area contributed by atoms with Crippen molar-refractivity contribution < 1.29 is 9.53 Å². The number of carbonyl (C=O) groups excluding carboxylic acids is 1. The number of amides is 1. The van der Waals surface area contributed by atoms with Gasteiger partial charge in [-0.2, -0.15) is 0 Å². The molecule has 2 aromatic carbocycles. The molecular formula is C19H20N4O2S. The molecule has 3 rings (SSSR count). The fourth-order valence-electron chi connectivity index (χ4n) is 2.36. The van der Waals surface area contributed by atoms with Gasteiger partial charge >= 0.3 is 0 Å². The highest BCUT2D eigenvalue weighted by Gasteiger charge is 2.16. The molecule has 0 bridgehead atoms. The van der Waals surface area contributed by atoms with Gasteiger partial charge in [0.25, 0.3) is 0 Å². The molecule has 0 saturated heterocycles. The molecule has 0 aliphatic heterocycles. The zero-order chi connectivity index (χ0) is 18.5. The molecule has 0 fully saturated rings. The van der Waals surface area contributed by atoms with Crippen LogP contribution in [-0.2, 0) is 11.4 Å². The molecule has 2 N–H and O–H groups in total. The molecule has 0 unspecified atom stereocenters. The molecule has 0 aliphatic carbocycles. The number of nitrogens with two attached hydrogens (primary N) is 1. The molecule has 0 spiro atoms. The minimum Gasteiger partial charge on any atom is -0.486 e. The minimum absolute atomic E-state index is 0.142. The third kappa shape index (κ3) is 4.43. The number of nitrogens with zero attached hydrogens (tertiary/aromatic N) is 3. The van der Waals surface area contributed by atoms with Crippen LogP contribution in [0.4, 0.5) is 0 Å². The first kappa shape index (κ1) is 18.0. The van der Waals surface area contributed by atoms with Crippen molar-refractivity contribution in [2.45, 2.75) is 25.6 Å². The van der Waals surface area contributed by atoms with Crippen LogP contribution in [0.3, 0.4) is 0 Å². The van der Waals surface area contributed by atoms with Gasteiger partial charge in [-0.25, -0.2) is 0 Å². The first-order valence-electron chi connectivity index (χ1n) is 8.15. The molecule has 3 aromatic rings. The van der Waals surface area contributed by atoms with Crippen molar-refractivity contribution >= 4 is 17.7 Å². The highest BCUT2D eigenvalue weighted by atomic mass is 32.2. The molecule has 26 heavy (non-hydrogen) atoms. The molecule has 1 amide bonds. The summed E-state index contributed by atoms with van der Waals surface area (Å²) in [5.74, 6) is 1.16. The van der Waals surface area contributed by atoms with Crippen molar-refractivity contribution in [3.63, 3.8) is 0 Å². The fraction of sp³-hybridized carbons (Fsp3) is 0.211. The van der Waals surface area contributed by atoms with Gasteiger partial charge in [-0.15, -0.1) is 10.2 Å². The van der Waals surface area contributed by atoms with E-state index in [9.17, 15) is 4.79 Å². The van der Waals surface area contributed by atoms with E-state index in [2.05, 4.69) is 10.2 Å². The second-order valence-corrected chi connectivity index (χ2v) is 6.87. The zero-order valence-electron chi connectivity index (χ0n) is 14.7. The van der Waals surface area contributed by atoms with E-state index in [-0.39, 0.29) is 12.4 Å². The summed E-state index contributed by atoms with van der Waals surface area (Å²) in [5.41, 5.74) is 8.50. The lowest BCUT2D eigenvalue weighted by Gasteiger charge is -2.11. The first-order chi connectivity index (χ1) is 12.5. The summed E-state index contributed by atoms with van der Waals surface area (Å²) in [4.78, 5) is 11.1. The average molecular weight is 368 g/mol. The average Bonchev–Trinajstić information content (AvgIpc) is 3.03. The lowest BCUT2D eigenvalue weighted by molar-refractivity contribution is -0.115. The van der Waals surface area contributed by atoms with Crippen molar-refractivity contribution in [1.29, 1.82) is 0 Å². The molecule has 0 radical (unpaired) electrons. The van der Waals surface area contributed by atoms with E-state index in [1.165, 1.54) is 17.3 Å². The van der Waals surface area contributed by atoms with E-state index >= 15 is 0 Å². The quantitative estimate of drug-likeness (QED) is 0.648. The third-order valence-corrected chi connectivity index (χ3v) is 4.68.